The van der Waals surface area contributed by atoms with E-state index in [4.69, 9.17) is 22.9 Å². The first-order valence-electron chi connectivity index (χ1n) is 9.98. The number of halogens is 2. The van der Waals surface area contributed by atoms with Crippen molar-refractivity contribution in [1.29, 1.82) is 0 Å². The van der Waals surface area contributed by atoms with Gasteiger partial charge in [0.15, 0.2) is 0 Å². The molecule has 2 aliphatic rings. The summed E-state index contributed by atoms with van der Waals surface area (Å²) in [6.45, 7) is 0. The Morgan fingerprint density at radius 2 is 1.09 bits per heavy atom. The SMILES string of the molecule is NC1=CC(S(=O)C2C=CC(N)(c3ccccc3Br)C(N)=C2)C=CC1(N)c1ccccc1Br. The van der Waals surface area contributed by atoms with E-state index in [2.05, 4.69) is 31.9 Å². The van der Waals surface area contributed by atoms with E-state index in [0.717, 1.165) is 20.1 Å². The number of benzene rings is 2. The molecule has 4 rings (SSSR count). The van der Waals surface area contributed by atoms with Crippen molar-refractivity contribution < 1.29 is 4.21 Å². The molecule has 2 aromatic rings. The van der Waals surface area contributed by atoms with Gasteiger partial charge in [0.2, 0.25) is 0 Å². The molecule has 2 aliphatic carbocycles. The zero-order valence-electron chi connectivity index (χ0n) is 17.1. The molecule has 5 nitrogen and oxygen atoms in total. The van der Waals surface area contributed by atoms with Crippen molar-refractivity contribution in [2.45, 2.75) is 21.6 Å². The molecule has 4 atom stereocenters. The molecule has 0 bridgehead atoms. The highest BCUT2D eigenvalue weighted by Gasteiger charge is 2.37. The molecule has 0 saturated heterocycles. The summed E-state index contributed by atoms with van der Waals surface area (Å²) in [5, 5.41) is -0.803. The topological polar surface area (TPSA) is 121 Å². The van der Waals surface area contributed by atoms with E-state index in [9.17, 15) is 4.21 Å². The lowest BCUT2D eigenvalue weighted by Gasteiger charge is -2.34. The predicted octanol–water partition coefficient (Wildman–Crippen LogP) is 3.53. The van der Waals surface area contributed by atoms with E-state index in [1.165, 1.54) is 0 Å². The van der Waals surface area contributed by atoms with Crippen LogP contribution in [0.5, 0.6) is 0 Å². The van der Waals surface area contributed by atoms with Crippen molar-refractivity contribution in [2.24, 2.45) is 22.9 Å². The van der Waals surface area contributed by atoms with E-state index in [1.807, 2.05) is 72.8 Å². The van der Waals surface area contributed by atoms with Crippen LogP contribution in [-0.2, 0) is 21.9 Å². The maximum absolute atomic E-state index is 13.4. The Bertz CT molecular complexity index is 1120. The fourth-order valence-electron chi connectivity index (χ4n) is 3.98. The van der Waals surface area contributed by atoms with Gasteiger partial charge in [-0.15, -0.1) is 0 Å². The van der Waals surface area contributed by atoms with Gasteiger partial charge in [-0.2, -0.15) is 0 Å². The average molecular weight is 576 g/mol. The van der Waals surface area contributed by atoms with Crippen molar-refractivity contribution in [1.82, 2.24) is 0 Å². The molecular weight excluding hydrogens is 552 g/mol. The third kappa shape index (κ3) is 3.95. The smallest absolute Gasteiger partial charge is 0.101 e. The van der Waals surface area contributed by atoms with Crippen LogP contribution in [-0.4, -0.2) is 14.7 Å². The molecule has 0 aliphatic heterocycles. The second-order valence-corrected chi connectivity index (χ2v) is 11.4. The zero-order valence-corrected chi connectivity index (χ0v) is 21.1. The summed E-state index contributed by atoms with van der Waals surface area (Å²) in [6.07, 6.45) is 10.9. The number of nitrogens with two attached hydrogens (primary N) is 4. The van der Waals surface area contributed by atoms with Crippen LogP contribution < -0.4 is 22.9 Å². The minimum Gasteiger partial charge on any atom is -0.400 e. The van der Waals surface area contributed by atoms with Crippen LogP contribution >= 0.6 is 31.9 Å². The average Bonchev–Trinajstić information content (AvgIpc) is 2.77. The molecular formula is C24H24Br2N4OS. The highest BCUT2D eigenvalue weighted by Crippen LogP contribution is 2.37. The molecule has 4 unspecified atom stereocenters. The Labute approximate surface area is 207 Å². The quantitative estimate of drug-likeness (QED) is 0.416. The number of rotatable bonds is 4. The zero-order chi connectivity index (χ0) is 23.1. The van der Waals surface area contributed by atoms with Crippen LogP contribution in [0, 0.1) is 0 Å². The van der Waals surface area contributed by atoms with Gasteiger partial charge in [0.25, 0.3) is 0 Å². The summed E-state index contributed by atoms with van der Waals surface area (Å²) in [5.74, 6) is 0. The Balaban J connectivity index is 1.58. The fraction of sp³-hybridized carbons (Fsp3) is 0.167. The summed E-state index contributed by atoms with van der Waals surface area (Å²) >= 11 is 7.08. The maximum atomic E-state index is 13.4. The van der Waals surface area contributed by atoms with Crippen LogP contribution in [0.25, 0.3) is 0 Å². The van der Waals surface area contributed by atoms with Gasteiger partial charge in [-0.1, -0.05) is 92.6 Å². The molecule has 0 aromatic heterocycles. The number of hydrogen-bond donors (Lipinski definition) is 4. The van der Waals surface area contributed by atoms with Crippen molar-refractivity contribution in [3.05, 3.63) is 116 Å². The highest BCUT2D eigenvalue weighted by molar-refractivity contribution is 9.10. The predicted molar refractivity (Wildman–Crippen MR) is 139 cm³/mol. The lowest BCUT2D eigenvalue weighted by atomic mass is 9.84. The van der Waals surface area contributed by atoms with E-state index < -0.39 is 32.4 Å². The molecule has 166 valence electrons. The molecule has 2 aromatic carbocycles. The summed E-state index contributed by atoms with van der Waals surface area (Å²) < 4.78 is 15.1. The third-order valence-electron chi connectivity index (χ3n) is 5.92. The monoisotopic (exact) mass is 574 g/mol. The first kappa shape index (κ1) is 23.2. The normalized spacial score (nSPS) is 30.5. The summed E-state index contributed by atoms with van der Waals surface area (Å²) in [5.41, 5.74) is 26.7. The van der Waals surface area contributed by atoms with Gasteiger partial charge in [0.1, 0.15) is 11.1 Å². The molecule has 0 radical (unpaired) electrons. The lowest BCUT2D eigenvalue weighted by molar-refractivity contribution is 0.629. The van der Waals surface area contributed by atoms with E-state index >= 15 is 0 Å². The second-order valence-electron chi connectivity index (χ2n) is 7.92. The van der Waals surface area contributed by atoms with Gasteiger partial charge in [0.05, 0.1) is 10.5 Å². The Kier molecular flexibility index (Phi) is 6.35. The molecule has 0 saturated carbocycles. The molecule has 8 N–H and O–H groups in total. The van der Waals surface area contributed by atoms with Crippen molar-refractivity contribution >= 4 is 42.7 Å². The molecule has 0 amide bonds. The van der Waals surface area contributed by atoms with E-state index in [-0.39, 0.29) is 0 Å². The highest BCUT2D eigenvalue weighted by atomic mass is 79.9. The van der Waals surface area contributed by atoms with Gasteiger partial charge in [0, 0.05) is 31.1 Å². The Morgan fingerprint density at radius 3 is 1.44 bits per heavy atom. The van der Waals surface area contributed by atoms with Crippen LogP contribution in [0.2, 0.25) is 0 Å². The van der Waals surface area contributed by atoms with Crippen molar-refractivity contribution in [3.63, 3.8) is 0 Å². The van der Waals surface area contributed by atoms with Gasteiger partial charge in [-0.25, -0.2) is 0 Å². The van der Waals surface area contributed by atoms with Gasteiger partial charge in [-0.3, -0.25) is 4.21 Å². The van der Waals surface area contributed by atoms with E-state index in [1.54, 1.807) is 12.2 Å². The maximum Gasteiger partial charge on any atom is 0.101 e. The fourth-order valence-corrected chi connectivity index (χ4v) is 6.60. The summed E-state index contributed by atoms with van der Waals surface area (Å²) in [4.78, 5) is 0. The Hall–Kier alpha value is -1.97. The van der Waals surface area contributed by atoms with Crippen molar-refractivity contribution in [2.75, 3.05) is 0 Å². The van der Waals surface area contributed by atoms with Crippen LogP contribution in [0.4, 0.5) is 0 Å². The summed E-state index contributed by atoms with van der Waals surface area (Å²) in [6, 6.07) is 15.3. The van der Waals surface area contributed by atoms with Gasteiger partial charge < -0.3 is 22.9 Å². The Morgan fingerprint density at radius 1 is 0.719 bits per heavy atom. The number of hydrogen-bond acceptors (Lipinski definition) is 5. The largest absolute Gasteiger partial charge is 0.400 e. The molecule has 32 heavy (non-hydrogen) atoms. The minimum absolute atomic E-state index is 0.401. The molecule has 0 fully saturated rings. The van der Waals surface area contributed by atoms with Crippen molar-refractivity contribution in [3.8, 4) is 0 Å². The van der Waals surface area contributed by atoms with Crippen LogP contribution in [0.1, 0.15) is 11.1 Å². The molecule has 0 heterocycles. The lowest BCUT2D eigenvalue weighted by Crippen LogP contribution is -2.45. The standard InChI is InChI=1S/C24H24Br2N4OS/c25-19-7-3-1-5-17(19)23(29)11-9-15(13-21(23)27)32(31)16-10-12-24(30,22(28)14-16)18-6-2-4-8-20(18)26/h1-16H,27-30H2. The third-order valence-corrected chi connectivity index (χ3v) is 8.96. The van der Waals surface area contributed by atoms with E-state index in [0.29, 0.717) is 11.4 Å². The first-order chi connectivity index (χ1) is 15.2. The van der Waals surface area contributed by atoms with Gasteiger partial charge in [-0.05, 0) is 35.4 Å². The van der Waals surface area contributed by atoms with Crippen LogP contribution in [0.3, 0.4) is 0 Å². The van der Waals surface area contributed by atoms with Crippen LogP contribution in [0.15, 0.2) is 105 Å². The van der Waals surface area contributed by atoms with Gasteiger partial charge >= 0.3 is 0 Å². The first-order valence-corrected chi connectivity index (χ1v) is 12.8. The molecule has 0 spiro atoms. The second kappa shape index (κ2) is 8.76. The molecule has 8 heteroatoms. The minimum atomic E-state index is -1.35. The summed E-state index contributed by atoms with van der Waals surface area (Å²) in [7, 11) is -1.35.